The SMILES string of the molecule is COC(=O)c1cc(-c2cccn2C)c(C(F)(F)F)cc1N.COC(=O)c1cc(I)c(C(F)(F)F)cc1N. The number of rotatable bonds is 3. The number of carbonyl (C=O) groups excluding carboxylic acids is 2. The Morgan fingerprint density at radius 1 is 0.838 bits per heavy atom. The van der Waals surface area contributed by atoms with Crippen molar-refractivity contribution < 1.29 is 45.4 Å². The molecule has 2 aromatic carbocycles. The maximum atomic E-state index is 13.2. The Balaban J connectivity index is 0.000000271. The van der Waals surface area contributed by atoms with Crippen LogP contribution in [-0.4, -0.2) is 30.7 Å². The van der Waals surface area contributed by atoms with Crippen molar-refractivity contribution in [1.82, 2.24) is 4.57 Å². The molecule has 3 rings (SSSR count). The second-order valence-corrected chi connectivity index (χ2v) is 8.55. The lowest BCUT2D eigenvalue weighted by atomic mass is 9.99. The van der Waals surface area contributed by atoms with Crippen LogP contribution >= 0.6 is 22.6 Å². The summed E-state index contributed by atoms with van der Waals surface area (Å²) in [4.78, 5) is 22.8. The van der Waals surface area contributed by atoms with Gasteiger partial charge in [-0.25, -0.2) is 9.59 Å². The quantitative estimate of drug-likeness (QED) is 0.163. The van der Waals surface area contributed by atoms with Crippen molar-refractivity contribution in [3.8, 4) is 11.3 Å². The molecule has 4 N–H and O–H groups in total. The van der Waals surface area contributed by atoms with Crippen molar-refractivity contribution in [2.45, 2.75) is 12.4 Å². The molecule has 3 aromatic rings. The number of anilines is 2. The summed E-state index contributed by atoms with van der Waals surface area (Å²) in [6.45, 7) is 0. The summed E-state index contributed by atoms with van der Waals surface area (Å²) >= 11 is 1.49. The smallest absolute Gasteiger partial charge is 0.417 e. The summed E-state index contributed by atoms with van der Waals surface area (Å²) < 4.78 is 87.3. The standard InChI is InChI=1S/C14H13F3N2O2.C9H7F3INO2/c1-19-5-3-4-12(19)8-6-9(13(20)21-2)11(18)7-10(8)14(15,16)17;1-16-8(15)4-2-6(13)5(3-7(4)14)9(10,11)12/h3-7H,18H2,1-2H3;2-3H,14H2,1H3. The van der Waals surface area contributed by atoms with E-state index in [0.29, 0.717) is 5.69 Å². The molecule has 0 saturated heterocycles. The number of hydrogen-bond donors (Lipinski definition) is 2. The van der Waals surface area contributed by atoms with E-state index < -0.39 is 35.4 Å². The number of nitrogens with two attached hydrogens (primary N) is 2. The molecule has 1 aromatic heterocycles. The van der Waals surface area contributed by atoms with Gasteiger partial charge in [-0.3, -0.25) is 0 Å². The molecule has 200 valence electrons. The highest BCUT2D eigenvalue weighted by atomic mass is 127. The van der Waals surface area contributed by atoms with Gasteiger partial charge in [0.25, 0.3) is 0 Å². The molecule has 0 aliphatic rings. The number of aryl methyl sites for hydroxylation is 1. The number of ether oxygens (including phenoxy) is 2. The van der Waals surface area contributed by atoms with Crippen LogP contribution in [0.3, 0.4) is 0 Å². The van der Waals surface area contributed by atoms with Gasteiger partial charge in [0.05, 0.1) is 36.5 Å². The lowest BCUT2D eigenvalue weighted by Gasteiger charge is -2.16. The number of benzene rings is 2. The number of hydrogen-bond acceptors (Lipinski definition) is 6. The minimum absolute atomic E-state index is 0.0695. The normalized spacial score (nSPS) is 11.4. The highest BCUT2D eigenvalue weighted by Crippen LogP contribution is 2.40. The zero-order valence-corrected chi connectivity index (χ0v) is 21.6. The molecule has 1 heterocycles. The monoisotopic (exact) mass is 643 g/mol. The molecule has 37 heavy (non-hydrogen) atoms. The molecule has 7 nitrogen and oxygen atoms in total. The third-order valence-electron chi connectivity index (χ3n) is 4.97. The first-order chi connectivity index (χ1) is 17.0. The van der Waals surface area contributed by atoms with Gasteiger partial charge in [-0.2, -0.15) is 26.3 Å². The highest BCUT2D eigenvalue weighted by molar-refractivity contribution is 14.1. The number of carbonyl (C=O) groups is 2. The Morgan fingerprint density at radius 2 is 1.30 bits per heavy atom. The van der Waals surface area contributed by atoms with E-state index in [9.17, 15) is 35.9 Å². The lowest BCUT2D eigenvalue weighted by molar-refractivity contribution is -0.138. The van der Waals surface area contributed by atoms with Gasteiger partial charge in [0.1, 0.15) is 0 Å². The summed E-state index contributed by atoms with van der Waals surface area (Å²) in [6.07, 6.45) is -7.45. The number of methoxy groups -OCH3 is 2. The summed E-state index contributed by atoms with van der Waals surface area (Å²) in [5.41, 5.74) is 8.67. The van der Waals surface area contributed by atoms with Crippen molar-refractivity contribution in [2.24, 2.45) is 7.05 Å². The predicted octanol–water partition coefficient (Wildman–Crippen LogP) is 5.76. The molecule has 0 fully saturated rings. The molecular formula is C23H20F6IN3O4. The van der Waals surface area contributed by atoms with Crippen LogP contribution in [0.4, 0.5) is 37.7 Å². The minimum atomic E-state index is -4.58. The zero-order valence-electron chi connectivity index (χ0n) is 19.4. The molecule has 0 atom stereocenters. The molecule has 0 amide bonds. The summed E-state index contributed by atoms with van der Waals surface area (Å²) in [5, 5.41) is 0. The number of nitrogens with zero attached hydrogens (tertiary/aromatic N) is 1. The van der Waals surface area contributed by atoms with Gasteiger partial charge in [-0.15, -0.1) is 0 Å². The third kappa shape index (κ3) is 6.87. The van der Waals surface area contributed by atoms with Crippen molar-refractivity contribution in [1.29, 1.82) is 0 Å². The van der Waals surface area contributed by atoms with Crippen LogP contribution in [0.2, 0.25) is 0 Å². The molecule has 0 bridgehead atoms. The van der Waals surface area contributed by atoms with Gasteiger partial charge < -0.3 is 25.5 Å². The summed E-state index contributed by atoms with van der Waals surface area (Å²) in [7, 11) is 3.89. The predicted molar refractivity (Wildman–Crippen MR) is 132 cm³/mol. The average molecular weight is 643 g/mol. The van der Waals surface area contributed by atoms with Crippen molar-refractivity contribution in [3.05, 3.63) is 68.4 Å². The molecule has 0 unspecified atom stereocenters. The molecule has 0 saturated carbocycles. The maximum absolute atomic E-state index is 13.2. The van der Waals surface area contributed by atoms with Crippen LogP contribution in [-0.2, 0) is 28.9 Å². The van der Waals surface area contributed by atoms with E-state index >= 15 is 0 Å². The largest absolute Gasteiger partial charge is 0.465 e. The average Bonchev–Trinajstić information content (AvgIpc) is 3.23. The summed E-state index contributed by atoms with van der Waals surface area (Å²) in [6, 6.07) is 6.80. The first kappa shape index (κ1) is 29.8. The number of nitrogen functional groups attached to an aromatic ring is 2. The lowest BCUT2D eigenvalue weighted by Crippen LogP contribution is -2.13. The van der Waals surface area contributed by atoms with Crippen LogP contribution in [0.5, 0.6) is 0 Å². The molecule has 0 aliphatic heterocycles. The molecule has 14 heteroatoms. The molecule has 0 aliphatic carbocycles. The fraction of sp³-hybridized carbons (Fsp3) is 0.217. The van der Waals surface area contributed by atoms with Crippen LogP contribution in [0.15, 0.2) is 42.6 Å². The first-order valence-corrected chi connectivity index (χ1v) is 11.1. The van der Waals surface area contributed by atoms with Crippen LogP contribution in [0.25, 0.3) is 11.3 Å². The second kappa shape index (κ2) is 11.3. The fourth-order valence-corrected chi connectivity index (χ4v) is 3.96. The zero-order chi connectivity index (χ0) is 28.3. The Bertz CT molecular complexity index is 1320. The Kier molecular flexibility index (Phi) is 9.11. The van der Waals surface area contributed by atoms with Crippen LogP contribution < -0.4 is 11.5 Å². The minimum Gasteiger partial charge on any atom is -0.465 e. The number of alkyl halides is 6. The van der Waals surface area contributed by atoms with Crippen LogP contribution in [0, 0.1) is 3.57 Å². The Labute approximate surface area is 220 Å². The fourth-order valence-electron chi connectivity index (χ4n) is 3.18. The van der Waals surface area contributed by atoms with E-state index in [0.717, 1.165) is 38.5 Å². The number of halogens is 7. The van der Waals surface area contributed by atoms with Crippen molar-refractivity contribution >= 4 is 45.9 Å². The van der Waals surface area contributed by atoms with E-state index in [2.05, 4.69) is 9.47 Å². The highest BCUT2D eigenvalue weighted by Gasteiger charge is 2.36. The van der Waals surface area contributed by atoms with Crippen molar-refractivity contribution in [3.63, 3.8) is 0 Å². The molecule has 0 spiro atoms. The maximum Gasteiger partial charge on any atom is 0.417 e. The van der Waals surface area contributed by atoms with Gasteiger partial charge >= 0.3 is 24.3 Å². The van der Waals surface area contributed by atoms with Gasteiger partial charge in [0.2, 0.25) is 0 Å². The Morgan fingerprint density at radius 3 is 1.70 bits per heavy atom. The van der Waals surface area contributed by atoms with E-state index in [4.69, 9.17) is 11.5 Å². The number of aromatic nitrogens is 1. The molecule has 0 radical (unpaired) electrons. The van der Waals surface area contributed by atoms with E-state index in [1.807, 2.05) is 0 Å². The first-order valence-electron chi connectivity index (χ1n) is 9.98. The van der Waals surface area contributed by atoms with Gasteiger partial charge in [-0.05, 0) is 59.0 Å². The van der Waals surface area contributed by atoms with E-state index in [-0.39, 0.29) is 31.6 Å². The Hall–Kier alpha value is -3.43. The van der Waals surface area contributed by atoms with Gasteiger partial charge in [0.15, 0.2) is 0 Å². The molecular weight excluding hydrogens is 623 g/mol. The van der Waals surface area contributed by atoms with E-state index in [1.165, 1.54) is 33.2 Å². The van der Waals surface area contributed by atoms with Gasteiger partial charge in [-0.1, -0.05) is 0 Å². The second-order valence-electron chi connectivity index (χ2n) is 7.39. The van der Waals surface area contributed by atoms with Crippen LogP contribution in [0.1, 0.15) is 31.8 Å². The third-order valence-corrected chi connectivity index (χ3v) is 5.86. The topological polar surface area (TPSA) is 110 Å². The number of esters is 2. The van der Waals surface area contributed by atoms with E-state index in [1.54, 1.807) is 19.3 Å². The van der Waals surface area contributed by atoms with Crippen molar-refractivity contribution in [2.75, 3.05) is 25.7 Å². The van der Waals surface area contributed by atoms with Gasteiger partial charge in [0, 0.05) is 39.4 Å². The summed E-state index contributed by atoms with van der Waals surface area (Å²) in [5.74, 6) is -1.54.